The van der Waals surface area contributed by atoms with Crippen molar-refractivity contribution >= 4 is 16.8 Å². The smallest absolute Gasteiger partial charge is 0.257 e. The van der Waals surface area contributed by atoms with E-state index in [-0.39, 0.29) is 36.6 Å². The molecule has 1 amide bonds. The number of piperidine rings is 1. The third-order valence-corrected chi connectivity index (χ3v) is 7.93. The Bertz CT molecular complexity index is 1350. The number of nitrogens with one attached hydrogen (secondary N) is 2. The van der Waals surface area contributed by atoms with E-state index in [2.05, 4.69) is 21.8 Å². The first-order valence-corrected chi connectivity index (χ1v) is 13.1. The molecule has 0 aliphatic carbocycles. The fourth-order valence-corrected chi connectivity index (χ4v) is 6.06. The number of aromatic nitrogens is 2. The van der Waals surface area contributed by atoms with Crippen molar-refractivity contribution in [2.45, 2.75) is 78.9 Å². The number of para-hydroxylation sites is 1. The third-order valence-electron chi connectivity index (χ3n) is 7.93. The summed E-state index contributed by atoms with van der Waals surface area (Å²) in [7, 11) is 0. The first-order chi connectivity index (χ1) is 17.4. The van der Waals surface area contributed by atoms with E-state index in [1.165, 1.54) is 0 Å². The van der Waals surface area contributed by atoms with Gasteiger partial charge in [0.25, 0.3) is 17.4 Å². The van der Waals surface area contributed by atoms with Crippen LogP contribution in [0, 0.1) is 26.7 Å². The second-order valence-corrected chi connectivity index (χ2v) is 10.9. The van der Waals surface area contributed by atoms with E-state index < -0.39 is 5.92 Å². The molecular formula is C29H38F2N4O2. The predicted octanol–water partition coefficient (Wildman–Crippen LogP) is 5.50. The van der Waals surface area contributed by atoms with E-state index in [0.717, 1.165) is 47.6 Å². The molecule has 1 saturated heterocycles. The van der Waals surface area contributed by atoms with Crippen LogP contribution in [0.15, 0.2) is 35.1 Å². The number of aryl methyl sites for hydroxylation is 2. The Morgan fingerprint density at radius 2 is 1.95 bits per heavy atom. The molecule has 2 N–H and O–H groups in total. The van der Waals surface area contributed by atoms with Crippen molar-refractivity contribution in [1.29, 1.82) is 0 Å². The van der Waals surface area contributed by atoms with Gasteiger partial charge in [0.2, 0.25) is 0 Å². The summed E-state index contributed by atoms with van der Waals surface area (Å²) < 4.78 is 29.5. The summed E-state index contributed by atoms with van der Waals surface area (Å²) in [5, 5.41) is 3.84. The molecule has 1 aliphatic rings. The number of halogens is 2. The predicted molar refractivity (Wildman–Crippen MR) is 143 cm³/mol. The lowest BCUT2D eigenvalue weighted by Gasteiger charge is -2.41. The quantitative estimate of drug-likeness (QED) is 0.439. The number of pyridine rings is 1. The van der Waals surface area contributed by atoms with Crippen molar-refractivity contribution in [3.63, 3.8) is 0 Å². The normalized spacial score (nSPS) is 19.8. The van der Waals surface area contributed by atoms with Gasteiger partial charge < -0.3 is 14.9 Å². The van der Waals surface area contributed by atoms with Crippen LogP contribution in [0.25, 0.3) is 10.9 Å². The molecule has 1 aliphatic heterocycles. The van der Waals surface area contributed by atoms with Gasteiger partial charge in [0.15, 0.2) is 0 Å². The van der Waals surface area contributed by atoms with E-state index in [4.69, 9.17) is 0 Å². The van der Waals surface area contributed by atoms with Gasteiger partial charge in [0.05, 0.1) is 12.1 Å². The molecule has 1 aromatic carbocycles. The average molecular weight is 513 g/mol. The van der Waals surface area contributed by atoms with Crippen molar-refractivity contribution in [3.05, 3.63) is 68.8 Å². The lowest BCUT2D eigenvalue weighted by atomic mass is 9.86. The number of H-pyrrole nitrogens is 1. The Kier molecular flexibility index (Phi) is 7.60. The fourth-order valence-electron chi connectivity index (χ4n) is 6.06. The molecule has 3 atom stereocenters. The summed E-state index contributed by atoms with van der Waals surface area (Å²) in [4.78, 5) is 30.6. The highest BCUT2D eigenvalue weighted by Gasteiger charge is 2.35. The number of nitrogens with zero attached hydrogens (tertiary/aromatic N) is 2. The molecule has 3 aromatic rings. The molecule has 0 radical (unpaired) electrons. The molecule has 4 rings (SSSR count). The summed E-state index contributed by atoms with van der Waals surface area (Å²) >= 11 is 0. The Labute approximate surface area is 217 Å². The number of hydrogen-bond donors (Lipinski definition) is 2. The highest BCUT2D eigenvalue weighted by atomic mass is 19.3. The van der Waals surface area contributed by atoms with E-state index in [9.17, 15) is 18.4 Å². The number of carbonyl (C=O) groups excluding carboxylic acids is 1. The summed E-state index contributed by atoms with van der Waals surface area (Å²) in [5.41, 5.74) is 4.46. The molecule has 2 aromatic heterocycles. The maximum Gasteiger partial charge on any atom is 0.257 e. The summed E-state index contributed by atoms with van der Waals surface area (Å²) in [6.45, 7) is 11.4. The van der Waals surface area contributed by atoms with Crippen LogP contribution in [-0.4, -0.2) is 45.4 Å². The maximum atomic E-state index is 13.6. The van der Waals surface area contributed by atoms with Gasteiger partial charge in [-0.25, -0.2) is 8.78 Å². The first-order valence-electron chi connectivity index (χ1n) is 13.1. The van der Waals surface area contributed by atoms with E-state index >= 15 is 0 Å². The SMILES string of the molecule is Cc1cc(C)c(CNC(=O)c2c(C)n(C(C)C3CCN(CC(C)(F)F)C(C)C3)c3ccccc23)c(=O)[nH]1. The van der Waals surface area contributed by atoms with Crippen LogP contribution in [0.2, 0.25) is 0 Å². The highest BCUT2D eigenvalue weighted by Crippen LogP contribution is 2.37. The molecule has 200 valence electrons. The average Bonchev–Trinajstić information content (AvgIpc) is 3.10. The number of benzene rings is 1. The molecule has 0 bridgehead atoms. The lowest BCUT2D eigenvalue weighted by Crippen LogP contribution is -2.47. The Hall–Kier alpha value is -3.00. The number of likely N-dealkylation sites (tertiary alicyclic amines) is 1. The van der Waals surface area contributed by atoms with Crippen LogP contribution in [0.3, 0.4) is 0 Å². The van der Waals surface area contributed by atoms with E-state index in [1.807, 2.05) is 62.9 Å². The molecule has 1 fully saturated rings. The summed E-state index contributed by atoms with van der Waals surface area (Å²) in [6.07, 6.45) is 1.64. The van der Waals surface area contributed by atoms with E-state index in [0.29, 0.717) is 23.6 Å². The number of hydrogen-bond acceptors (Lipinski definition) is 3. The topological polar surface area (TPSA) is 70.1 Å². The number of carbonyl (C=O) groups is 1. The van der Waals surface area contributed by atoms with Crippen LogP contribution < -0.4 is 10.9 Å². The van der Waals surface area contributed by atoms with Crippen LogP contribution in [-0.2, 0) is 6.54 Å². The number of alkyl halides is 2. The highest BCUT2D eigenvalue weighted by molar-refractivity contribution is 6.08. The molecule has 3 heterocycles. The van der Waals surface area contributed by atoms with Gasteiger partial charge in [-0.15, -0.1) is 0 Å². The monoisotopic (exact) mass is 512 g/mol. The van der Waals surface area contributed by atoms with Crippen molar-refractivity contribution < 1.29 is 13.6 Å². The third kappa shape index (κ3) is 5.64. The van der Waals surface area contributed by atoms with Crippen LogP contribution >= 0.6 is 0 Å². The molecule has 37 heavy (non-hydrogen) atoms. The Morgan fingerprint density at radius 1 is 1.24 bits per heavy atom. The minimum Gasteiger partial charge on any atom is -0.348 e. The zero-order chi connectivity index (χ0) is 27.1. The second-order valence-electron chi connectivity index (χ2n) is 10.9. The van der Waals surface area contributed by atoms with Crippen molar-refractivity contribution in [1.82, 2.24) is 19.8 Å². The molecule has 0 spiro atoms. The van der Waals surface area contributed by atoms with E-state index in [1.54, 1.807) is 0 Å². The summed E-state index contributed by atoms with van der Waals surface area (Å²) in [6, 6.07) is 9.94. The minimum absolute atomic E-state index is 0.0627. The molecule has 3 unspecified atom stereocenters. The number of aromatic amines is 1. The lowest BCUT2D eigenvalue weighted by molar-refractivity contribution is -0.0384. The Morgan fingerprint density at radius 3 is 2.59 bits per heavy atom. The first kappa shape index (κ1) is 27.0. The van der Waals surface area contributed by atoms with Crippen LogP contribution in [0.1, 0.15) is 72.5 Å². The van der Waals surface area contributed by atoms with Gasteiger partial charge in [-0.1, -0.05) is 18.2 Å². The van der Waals surface area contributed by atoms with Crippen molar-refractivity contribution in [3.8, 4) is 0 Å². The molecule has 0 saturated carbocycles. The molecule has 8 heteroatoms. The van der Waals surface area contributed by atoms with Gasteiger partial charge in [0.1, 0.15) is 0 Å². The second kappa shape index (κ2) is 10.4. The molecule has 6 nitrogen and oxygen atoms in total. The van der Waals surface area contributed by atoms with Gasteiger partial charge in [-0.2, -0.15) is 0 Å². The van der Waals surface area contributed by atoms with Crippen molar-refractivity contribution in [2.75, 3.05) is 13.1 Å². The van der Waals surface area contributed by atoms with Gasteiger partial charge in [-0.3, -0.25) is 14.5 Å². The number of rotatable bonds is 7. The largest absolute Gasteiger partial charge is 0.348 e. The van der Waals surface area contributed by atoms with Crippen LogP contribution in [0.5, 0.6) is 0 Å². The standard InChI is InChI=1S/C29H38F2N4O2/c1-17-13-18(2)33-27(36)24(17)15-32-28(37)26-21(5)35(25-10-8-7-9-23(25)26)20(4)22-11-12-34(19(3)14-22)16-29(6,30)31/h7-10,13,19-20,22H,11-12,14-16H2,1-6H3,(H,32,37)(H,33,36). The zero-order valence-corrected chi connectivity index (χ0v) is 22.6. The van der Waals surface area contributed by atoms with Gasteiger partial charge in [0, 0.05) is 53.4 Å². The number of amides is 1. The number of fused-ring (bicyclic) bond motifs is 1. The van der Waals surface area contributed by atoms with Crippen molar-refractivity contribution in [2.24, 2.45) is 5.92 Å². The van der Waals surface area contributed by atoms with Gasteiger partial charge in [-0.05, 0) is 77.6 Å². The zero-order valence-electron chi connectivity index (χ0n) is 22.6. The molecular weight excluding hydrogens is 474 g/mol. The Balaban J connectivity index is 1.59. The maximum absolute atomic E-state index is 13.6. The fraction of sp³-hybridized carbons (Fsp3) is 0.517. The minimum atomic E-state index is -2.70. The van der Waals surface area contributed by atoms with Gasteiger partial charge >= 0.3 is 0 Å². The summed E-state index contributed by atoms with van der Waals surface area (Å²) in [5.74, 6) is -2.62. The van der Waals surface area contributed by atoms with Crippen LogP contribution in [0.4, 0.5) is 8.78 Å².